The minimum absolute atomic E-state index is 0.0794. The SMILES string of the molecule is CC1(C)c2ccccc2-c2cc(-c3ccccc3N(c3ccccc3-c3ccc(-c4ccccc4)cc3)c3cccc(-c4ccccc4)c3-c3ccccc3-c3ccccc3)ccc21. The second-order valence-electron chi connectivity index (χ2n) is 17.2. The molecule has 0 saturated heterocycles. The second-order valence-corrected chi connectivity index (χ2v) is 17.2. The van der Waals surface area contributed by atoms with Crippen LogP contribution in [0.25, 0.3) is 77.9 Å². The summed E-state index contributed by atoms with van der Waals surface area (Å²) in [4.78, 5) is 2.53. The maximum Gasteiger partial charge on any atom is 0.0547 e. The van der Waals surface area contributed by atoms with Crippen LogP contribution in [0.3, 0.4) is 0 Å². The summed E-state index contributed by atoms with van der Waals surface area (Å²) in [5, 5.41) is 0. The number of para-hydroxylation sites is 2. The molecule has 0 heterocycles. The summed E-state index contributed by atoms with van der Waals surface area (Å²) in [6.07, 6.45) is 0. The third kappa shape index (κ3) is 6.83. The predicted octanol–water partition coefficient (Wildman–Crippen LogP) is 17.5. The molecule has 0 fully saturated rings. The number of hydrogen-bond acceptors (Lipinski definition) is 1. The molecule has 11 rings (SSSR count). The average Bonchev–Trinajstić information content (AvgIpc) is 3.60. The molecule has 0 bridgehead atoms. The molecular formula is C63H47N. The lowest BCUT2D eigenvalue weighted by molar-refractivity contribution is 0.660. The van der Waals surface area contributed by atoms with Crippen molar-refractivity contribution in [2.75, 3.05) is 4.90 Å². The molecule has 0 spiro atoms. The topological polar surface area (TPSA) is 3.24 Å². The smallest absolute Gasteiger partial charge is 0.0547 e. The highest BCUT2D eigenvalue weighted by Gasteiger charge is 2.35. The molecule has 1 heteroatoms. The minimum atomic E-state index is -0.0794. The summed E-state index contributed by atoms with van der Waals surface area (Å²) >= 11 is 0. The van der Waals surface area contributed by atoms with Crippen LogP contribution >= 0.6 is 0 Å². The molecule has 0 aromatic heterocycles. The Kier molecular flexibility index (Phi) is 9.94. The largest absolute Gasteiger partial charge is 0.309 e. The molecule has 64 heavy (non-hydrogen) atoms. The van der Waals surface area contributed by atoms with Crippen LogP contribution < -0.4 is 4.90 Å². The first-order valence-corrected chi connectivity index (χ1v) is 22.3. The van der Waals surface area contributed by atoms with Gasteiger partial charge in [-0.3, -0.25) is 0 Å². The molecule has 0 aliphatic heterocycles. The van der Waals surface area contributed by atoms with Gasteiger partial charge >= 0.3 is 0 Å². The fraction of sp³-hybridized carbons (Fsp3) is 0.0476. The average molecular weight is 818 g/mol. The molecular weight excluding hydrogens is 771 g/mol. The normalized spacial score (nSPS) is 12.3. The number of anilines is 3. The van der Waals surface area contributed by atoms with Crippen LogP contribution in [-0.4, -0.2) is 0 Å². The molecule has 1 aliphatic carbocycles. The Morgan fingerprint density at radius 3 is 1.28 bits per heavy atom. The van der Waals surface area contributed by atoms with Crippen molar-refractivity contribution in [1.82, 2.24) is 0 Å². The highest BCUT2D eigenvalue weighted by molar-refractivity contribution is 6.04. The van der Waals surface area contributed by atoms with Gasteiger partial charge in [0.15, 0.2) is 0 Å². The first kappa shape index (κ1) is 38.9. The van der Waals surface area contributed by atoms with Gasteiger partial charge in [0.25, 0.3) is 0 Å². The number of nitrogens with zero attached hydrogens (tertiary/aromatic N) is 1. The van der Waals surface area contributed by atoms with Gasteiger partial charge in [-0.1, -0.05) is 238 Å². The van der Waals surface area contributed by atoms with E-state index in [2.05, 4.69) is 267 Å². The standard InChI is InChI=1S/C63H47N/c1-63(2)57-33-17-14-30-54(57)56-43-49(41-42-58(56)63)52-29-16-19-35-60(52)64(59-34-18-15-28-51(59)48-39-37-45(38-40-48)44-21-6-3-7-22-44)61-36-20-32-53(47-25-10-5-11-26-47)62(61)55-31-13-12-27-50(55)46-23-8-4-9-24-46/h3-43H,1-2H3. The Bertz CT molecular complexity index is 3270. The van der Waals surface area contributed by atoms with Gasteiger partial charge < -0.3 is 4.90 Å². The fourth-order valence-electron chi connectivity index (χ4n) is 10.0. The summed E-state index contributed by atoms with van der Waals surface area (Å²) < 4.78 is 0. The van der Waals surface area contributed by atoms with Gasteiger partial charge in [0.2, 0.25) is 0 Å². The van der Waals surface area contributed by atoms with Crippen molar-refractivity contribution >= 4 is 17.1 Å². The molecule has 0 radical (unpaired) electrons. The van der Waals surface area contributed by atoms with Crippen molar-refractivity contribution in [3.63, 3.8) is 0 Å². The first-order valence-electron chi connectivity index (χ1n) is 22.3. The zero-order valence-corrected chi connectivity index (χ0v) is 36.1. The van der Waals surface area contributed by atoms with Crippen molar-refractivity contribution in [3.05, 3.63) is 260 Å². The van der Waals surface area contributed by atoms with Crippen LogP contribution in [-0.2, 0) is 5.41 Å². The van der Waals surface area contributed by atoms with Crippen LogP contribution in [0, 0.1) is 0 Å². The zero-order chi connectivity index (χ0) is 43.0. The molecule has 1 nitrogen and oxygen atoms in total. The van der Waals surface area contributed by atoms with E-state index in [0.29, 0.717) is 0 Å². The van der Waals surface area contributed by atoms with E-state index in [1.807, 2.05) is 0 Å². The van der Waals surface area contributed by atoms with Crippen LogP contribution in [0.15, 0.2) is 249 Å². The maximum atomic E-state index is 2.53. The van der Waals surface area contributed by atoms with Gasteiger partial charge in [0, 0.05) is 22.1 Å². The monoisotopic (exact) mass is 817 g/mol. The minimum Gasteiger partial charge on any atom is -0.309 e. The molecule has 0 unspecified atom stereocenters. The number of fused-ring (bicyclic) bond motifs is 3. The lowest BCUT2D eigenvalue weighted by atomic mass is 9.82. The molecule has 304 valence electrons. The fourth-order valence-corrected chi connectivity index (χ4v) is 10.0. The Labute approximate surface area is 377 Å². The second kappa shape index (κ2) is 16.4. The van der Waals surface area contributed by atoms with E-state index in [9.17, 15) is 0 Å². The summed E-state index contributed by atoms with van der Waals surface area (Å²) in [5.74, 6) is 0. The number of hydrogen-bond donors (Lipinski definition) is 0. The highest BCUT2D eigenvalue weighted by atomic mass is 15.2. The Balaban J connectivity index is 1.19. The molecule has 0 amide bonds. The van der Waals surface area contributed by atoms with Crippen molar-refractivity contribution in [1.29, 1.82) is 0 Å². The molecule has 0 saturated carbocycles. The molecule has 0 atom stereocenters. The van der Waals surface area contributed by atoms with E-state index in [-0.39, 0.29) is 5.41 Å². The van der Waals surface area contributed by atoms with E-state index in [1.54, 1.807) is 0 Å². The summed E-state index contributed by atoms with van der Waals surface area (Å²) in [7, 11) is 0. The molecule has 10 aromatic carbocycles. The molecule has 10 aromatic rings. The molecule has 1 aliphatic rings. The van der Waals surface area contributed by atoms with E-state index in [0.717, 1.165) is 33.8 Å². The van der Waals surface area contributed by atoms with Crippen LogP contribution in [0.2, 0.25) is 0 Å². The summed E-state index contributed by atoms with van der Waals surface area (Å²) in [6.45, 7) is 4.70. The van der Waals surface area contributed by atoms with Gasteiger partial charge in [-0.15, -0.1) is 0 Å². The van der Waals surface area contributed by atoms with Gasteiger partial charge in [-0.25, -0.2) is 0 Å². The van der Waals surface area contributed by atoms with Crippen molar-refractivity contribution in [2.24, 2.45) is 0 Å². The van der Waals surface area contributed by atoms with Crippen LogP contribution in [0.5, 0.6) is 0 Å². The molecule has 0 N–H and O–H groups in total. The highest BCUT2D eigenvalue weighted by Crippen LogP contribution is 2.53. The van der Waals surface area contributed by atoms with Gasteiger partial charge in [0.05, 0.1) is 17.1 Å². The van der Waals surface area contributed by atoms with E-state index in [1.165, 1.54) is 72.3 Å². The zero-order valence-electron chi connectivity index (χ0n) is 36.1. The van der Waals surface area contributed by atoms with E-state index >= 15 is 0 Å². The summed E-state index contributed by atoms with van der Waals surface area (Å²) in [6, 6.07) is 91.0. The van der Waals surface area contributed by atoms with E-state index < -0.39 is 0 Å². The van der Waals surface area contributed by atoms with Gasteiger partial charge in [0.1, 0.15) is 0 Å². The van der Waals surface area contributed by atoms with Gasteiger partial charge in [-0.05, 0) is 96.6 Å². The summed E-state index contributed by atoms with van der Waals surface area (Å²) in [5.41, 5.74) is 22.7. The lowest BCUT2D eigenvalue weighted by Gasteiger charge is -2.33. The Morgan fingerprint density at radius 2 is 0.641 bits per heavy atom. The Morgan fingerprint density at radius 1 is 0.250 bits per heavy atom. The van der Waals surface area contributed by atoms with Crippen LogP contribution in [0.1, 0.15) is 25.0 Å². The quantitative estimate of drug-likeness (QED) is 0.140. The van der Waals surface area contributed by atoms with Crippen molar-refractivity contribution in [2.45, 2.75) is 19.3 Å². The first-order chi connectivity index (χ1) is 31.5. The predicted molar refractivity (Wildman–Crippen MR) is 271 cm³/mol. The number of rotatable bonds is 9. The van der Waals surface area contributed by atoms with Gasteiger partial charge in [-0.2, -0.15) is 0 Å². The Hall–Kier alpha value is -8.00. The van der Waals surface area contributed by atoms with Crippen molar-refractivity contribution < 1.29 is 0 Å². The van der Waals surface area contributed by atoms with Crippen LogP contribution in [0.4, 0.5) is 17.1 Å². The van der Waals surface area contributed by atoms with E-state index in [4.69, 9.17) is 0 Å². The maximum absolute atomic E-state index is 2.53. The third-order valence-electron chi connectivity index (χ3n) is 13.1. The number of benzene rings is 10. The lowest BCUT2D eigenvalue weighted by Crippen LogP contribution is -2.15. The van der Waals surface area contributed by atoms with Crippen molar-refractivity contribution in [3.8, 4) is 77.9 Å². The third-order valence-corrected chi connectivity index (χ3v) is 13.1.